The van der Waals surface area contributed by atoms with E-state index in [0.29, 0.717) is 29.9 Å². The number of ether oxygens (including phenoxy) is 1. The van der Waals surface area contributed by atoms with Crippen molar-refractivity contribution in [3.8, 4) is 0 Å². The summed E-state index contributed by atoms with van der Waals surface area (Å²) in [5.74, 6) is -0.0223. The molecule has 6 heteroatoms. The van der Waals surface area contributed by atoms with Crippen molar-refractivity contribution < 1.29 is 9.53 Å². The number of carbonyl (C=O) groups excluding carboxylic acids is 1. The third-order valence-electron chi connectivity index (χ3n) is 3.01. The third kappa shape index (κ3) is 5.51. The Kier molecular flexibility index (Phi) is 6.36. The van der Waals surface area contributed by atoms with Crippen LogP contribution in [-0.2, 0) is 9.53 Å². The number of rotatable bonds is 5. The molecule has 1 aromatic rings. The second kappa shape index (κ2) is 8.03. The Balaban J connectivity index is 1.99. The molecular formula is C15H21ClN2O2S. The van der Waals surface area contributed by atoms with Gasteiger partial charge in [0.2, 0.25) is 5.91 Å². The molecule has 0 aromatic heterocycles. The van der Waals surface area contributed by atoms with Crippen LogP contribution in [0.25, 0.3) is 0 Å². The zero-order valence-electron chi connectivity index (χ0n) is 12.3. The number of halogens is 1. The number of anilines is 1. The molecule has 21 heavy (non-hydrogen) atoms. The lowest BCUT2D eigenvalue weighted by Crippen LogP contribution is -2.43. The predicted molar refractivity (Wildman–Crippen MR) is 88.3 cm³/mol. The molecule has 0 saturated carbocycles. The van der Waals surface area contributed by atoms with Gasteiger partial charge in [0.15, 0.2) is 0 Å². The summed E-state index contributed by atoms with van der Waals surface area (Å²) in [6, 6.07) is 5.68. The summed E-state index contributed by atoms with van der Waals surface area (Å²) in [5.41, 5.74) is 0.780. The van der Waals surface area contributed by atoms with E-state index in [-0.39, 0.29) is 11.9 Å². The van der Waals surface area contributed by atoms with Gasteiger partial charge < -0.3 is 15.4 Å². The van der Waals surface area contributed by atoms with Gasteiger partial charge in [-0.05, 0) is 18.2 Å². The van der Waals surface area contributed by atoms with Crippen LogP contribution in [0.4, 0.5) is 5.69 Å². The highest BCUT2D eigenvalue weighted by atomic mass is 35.5. The van der Waals surface area contributed by atoms with Crippen molar-refractivity contribution >= 4 is 35.0 Å². The van der Waals surface area contributed by atoms with Gasteiger partial charge in [-0.1, -0.05) is 25.4 Å². The molecular weight excluding hydrogens is 308 g/mol. The maximum atomic E-state index is 12.2. The number of amides is 1. The van der Waals surface area contributed by atoms with Crippen molar-refractivity contribution in [3.05, 3.63) is 23.2 Å². The largest absolute Gasteiger partial charge is 0.378 e. The minimum atomic E-state index is -0.0223. The highest BCUT2D eigenvalue weighted by molar-refractivity contribution is 8.00. The Morgan fingerprint density at radius 3 is 3.05 bits per heavy atom. The standard InChI is InChI=1S/C15H21ClN2O2S/c1-10(2)21-14-4-3-11(16)7-13(14)18-15(19)8-12-9-20-6-5-17-12/h3-4,7,10,12,17H,5-6,8-9H2,1-2H3,(H,18,19). The van der Waals surface area contributed by atoms with Crippen molar-refractivity contribution in [1.29, 1.82) is 0 Å². The van der Waals surface area contributed by atoms with E-state index >= 15 is 0 Å². The molecule has 2 rings (SSSR count). The van der Waals surface area contributed by atoms with Gasteiger partial charge in [0.25, 0.3) is 0 Å². The van der Waals surface area contributed by atoms with Crippen LogP contribution in [0, 0.1) is 0 Å². The van der Waals surface area contributed by atoms with Crippen molar-refractivity contribution in [1.82, 2.24) is 5.32 Å². The number of nitrogens with one attached hydrogen (secondary N) is 2. The summed E-state index contributed by atoms with van der Waals surface area (Å²) in [6.07, 6.45) is 0.401. The van der Waals surface area contributed by atoms with Gasteiger partial charge in [-0.3, -0.25) is 4.79 Å². The van der Waals surface area contributed by atoms with E-state index in [1.807, 2.05) is 12.1 Å². The Morgan fingerprint density at radius 2 is 2.38 bits per heavy atom. The summed E-state index contributed by atoms with van der Waals surface area (Å²) in [5, 5.41) is 7.30. The molecule has 0 spiro atoms. The van der Waals surface area contributed by atoms with Gasteiger partial charge in [-0.25, -0.2) is 0 Å². The van der Waals surface area contributed by atoms with Crippen molar-refractivity contribution in [3.63, 3.8) is 0 Å². The molecule has 1 unspecified atom stereocenters. The average Bonchev–Trinajstić information content (AvgIpc) is 2.42. The van der Waals surface area contributed by atoms with Gasteiger partial charge in [-0.15, -0.1) is 11.8 Å². The summed E-state index contributed by atoms with van der Waals surface area (Å²) >= 11 is 7.74. The smallest absolute Gasteiger partial charge is 0.226 e. The van der Waals surface area contributed by atoms with Crippen molar-refractivity contribution in [2.45, 2.75) is 36.5 Å². The second-order valence-electron chi connectivity index (χ2n) is 5.29. The first-order valence-corrected chi connectivity index (χ1v) is 8.37. The molecule has 1 aliphatic heterocycles. The molecule has 1 amide bonds. The lowest BCUT2D eigenvalue weighted by atomic mass is 10.2. The van der Waals surface area contributed by atoms with Crippen LogP contribution in [0.5, 0.6) is 0 Å². The van der Waals surface area contributed by atoms with Gasteiger partial charge in [0.05, 0.1) is 18.9 Å². The third-order valence-corrected chi connectivity index (χ3v) is 4.33. The van der Waals surface area contributed by atoms with E-state index in [1.165, 1.54) is 0 Å². The van der Waals surface area contributed by atoms with E-state index in [9.17, 15) is 4.79 Å². The molecule has 116 valence electrons. The van der Waals surface area contributed by atoms with Crippen molar-refractivity contribution in [2.75, 3.05) is 25.1 Å². The fourth-order valence-corrected chi connectivity index (χ4v) is 3.20. The Labute approximate surface area is 135 Å². The molecule has 0 aliphatic carbocycles. The summed E-state index contributed by atoms with van der Waals surface area (Å²) in [7, 11) is 0. The maximum absolute atomic E-state index is 12.2. The number of morpholine rings is 1. The summed E-state index contributed by atoms with van der Waals surface area (Å²) in [6.45, 7) is 6.32. The van der Waals surface area contributed by atoms with Crippen molar-refractivity contribution in [2.24, 2.45) is 0 Å². The zero-order valence-corrected chi connectivity index (χ0v) is 13.9. The quantitative estimate of drug-likeness (QED) is 0.815. The van der Waals surface area contributed by atoms with E-state index < -0.39 is 0 Å². The Morgan fingerprint density at radius 1 is 1.57 bits per heavy atom. The maximum Gasteiger partial charge on any atom is 0.226 e. The monoisotopic (exact) mass is 328 g/mol. The molecule has 2 N–H and O–H groups in total. The molecule has 0 radical (unpaired) electrons. The molecule has 1 saturated heterocycles. The fraction of sp³-hybridized carbons (Fsp3) is 0.533. The molecule has 1 aromatic carbocycles. The Hall–Kier alpha value is -0.750. The van der Waals surface area contributed by atoms with Gasteiger partial charge >= 0.3 is 0 Å². The minimum absolute atomic E-state index is 0.0223. The predicted octanol–water partition coefficient (Wildman–Crippen LogP) is 3.16. The topological polar surface area (TPSA) is 50.4 Å². The second-order valence-corrected chi connectivity index (χ2v) is 7.34. The van der Waals surface area contributed by atoms with Crippen LogP contribution in [0.2, 0.25) is 5.02 Å². The SMILES string of the molecule is CC(C)Sc1ccc(Cl)cc1NC(=O)CC1COCCN1. The first kappa shape index (κ1) is 16.6. The number of carbonyl (C=O) groups is 1. The highest BCUT2D eigenvalue weighted by Gasteiger charge is 2.18. The van der Waals surface area contributed by atoms with Crippen LogP contribution in [0.15, 0.2) is 23.1 Å². The lowest BCUT2D eigenvalue weighted by molar-refractivity contribution is -0.117. The Bertz CT molecular complexity index is 491. The molecule has 1 atom stereocenters. The van der Waals surface area contributed by atoms with E-state index in [2.05, 4.69) is 24.5 Å². The normalized spacial score (nSPS) is 18.8. The highest BCUT2D eigenvalue weighted by Crippen LogP contribution is 2.32. The molecule has 1 heterocycles. The molecule has 1 fully saturated rings. The minimum Gasteiger partial charge on any atom is -0.378 e. The lowest BCUT2D eigenvalue weighted by Gasteiger charge is -2.23. The van der Waals surface area contributed by atoms with E-state index in [1.54, 1.807) is 17.8 Å². The number of hydrogen-bond donors (Lipinski definition) is 2. The van der Waals surface area contributed by atoms with Crippen LogP contribution in [0.3, 0.4) is 0 Å². The van der Waals surface area contributed by atoms with E-state index in [0.717, 1.165) is 17.1 Å². The number of hydrogen-bond acceptors (Lipinski definition) is 4. The molecule has 0 bridgehead atoms. The zero-order chi connectivity index (χ0) is 15.2. The first-order chi connectivity index (χ1) is 10.0. The molecule has 4 nitrogen and oxygen atoms in total. The van der Waals surface area contributed by atoms with Gasteiger partial charge in [0, 0.05) is 34.2 Å². The molecule has 1 aliphatic rings. The van der Waals surface area contributed by atoms with Crippen LogP contribution in [-0.4, -0.2) is 37.0 Å². The summed E-state index contributed by atoms with van der Waals surface area (Å²) < 4.78 is 5.36. The van der Waals surface area contributed by atoms with Gasteiger partial charge in [0.1, 0.15) is 0 Å². The van der Waals surface area contributed by atoms with Crippen LogP contribution >= 0.6 is 23.4 Å². The van der Waals surface area contributed by atoms with Gasteiger partial charge in [-0.2, -0.15) is 0 Å². The van der Waals surface area contributed by atoms with E-state index in [4.69, 9.17) is 16.3 Å². The van der Waals surface area contributed by atoms with Crippen LogP contribution < -0.4 is 10.6 Å². The number of thioether (sulfide) groups is 1. The first-order valence-electron chi connectivity index (χ1n) is 7.12. The summed E-state index contributed by atoms with van der Waals surface area (Å²) in [4.78, 5) is 13.2. The fourth-order valence-electron chi connectivity index (χ4n) is 2.13. The van der Waals surface area contributed by atoms with Crippen LogP contribution in [0.1, 0.15) is 20.3 Å². The average molecular weight is 329 g/mol. The number of benzene rings is 1.